The number of piperazine rings is 1. The normalized spacial score (nSPS) is 19.2. The fourth-order valence-electron chi connectivity index (χ4n) is 8.84. The van der Waals surface area contributed by atoms with Crippen molar-refractivity contribution in [3.63, 3.8) is 0 Å². The number of nitrogens with zero attached hydrogens (tertiary/aromatic N) is 6. The van der Waals surface area contributed by atoms with Crippen LogP contribution in [0.25, 0.3) is 22.0 Å². The van der Waals surface area contributed by atoms with E-state index in [1.807, 2.05) is 18.5 Å². The third-order valence-corrected chi connectivity index (χ3v) is 12.3. The molecule has 3 fully saturated rings. The van der Waals surface area contributed by atoms with Crippen molar-refractivity contribution >= 4 is 51.4 Å². The Morgan fingerprint density at radius 3 is 2.42 bits per heavy atom. The Kier molecular flexibility index (Phi) is 11.2. The van der Waals surface area contributed by atoms with Gasteiger partial charge in [0.15, 0.2) is 0 Å². The van der Waals surface area contributed by atoms with Crippen molar-refractivity contribution in [2.24, 2.45) is 0 Å². The van der Waals surface area contributed by atoms with Crippen molar-refractivity contribution in [2.45, 2.75) is 51.0 Å². The Morgan fingerprint density at radius 1 is 0.864 bits per heavy atom. The van der Waals surface area contributed by atoms with Gasteiger partial charge in [0.05, 0.1) is 11.2 Å². The summed E-state index contributed by atoms with van der Waals surface area (Å²) in [6.07, 6.45) is 7.84. The zero-order valence-electron chi connectivity index (χ0n) is 33.5. The van der Waals surface area contributed by atoms with Gasteiger partial charge < -0.3 is 30.5 Å². The largest absolute Gasteiger partial charge is 0.474 e. The van der Waals surface area contributed by atoms with Gasteiger partial charge in [0.25, 0.3) is 0 Å². The molecule has 3 saturated heterocycles. The molecule has 2 aromatic heterocycles. The number of ether oxygens (including phenoxy) is 1. The van der Waals surface area contributed by atoms with Crippen LogP contribution in [0, 0.1) is 12.7 Å². The number of anilines is 5. The number of pyridine rings is 1. The Morgan fingerprint density at radius 2 is 1.64 bits per heavy atom. The predicted molar refractivity (Wildman–Crippen MR) is 229 cm³/mol. The second-order valence-corrected chi connectivity index (χ2v) is 16.1. The average molecular weight is 799 g/mol. The fraction of sp³-hybridized carbons (Fsp3) is 0.400. The summed E-state index contributed by atoms with van der Waals surface area (Å²) < 4.78 is 20.9. The monoisotopic (exact) mass is 798 g/mol. The predicted octanol–water partition coefficient (Wildman–Crippen LogP) is 6.30. The molecule has 0 spiro atoms. The van der Waals surface area contributed by atoms with Crippen LogP contribution < -0.4 is 30.9 Å². The lowest BCUT2D eigenvalue weighted by Crippen LogP contribution is -2.47. The molecule has 14 heteroatoms. The maximum Gasteiger partial charge on any atom is 0.249 e. The molecule has 1 unspecified atom stereocenters. The highest BCUT2D eigenvalue weighted by molar-refractivity contribution is 6.01. The summed E-state index contributed by atoms with van der Waals surface area (Å²) >= 11 is 0. The smallest absolute Gasteiger partial charge is 0.249 e. The molecule has 1 atom stereocenters. The highest BCUT2D eigenvalue weighted by Gasteiger charge is 2.27. The van der Waals surface area contributed by atoms with Crippen LogP contribution in [0.3, 0.4) is 0 Å². The molecule has 306 valence electrons. The lowest BCUT2D eigenvalue weighted by molar-refractivity contribution is -0.133. The highest BCUT2D eigenvalue weighted by Crippen LogP contribution is 2.36. The van der Waals surface area contributed by atoms with Gasteiger partial charge in [-0.2, -0.15) is 0 Å². The minimum absolute atomic E-state index is 0.267. The molecule has 9 rings (SSSR count). The number of imide groups is 1. The van der Waals surface area contributed by atoms with E-state index >= 15 is 4.39 Å². The van der Waals surface area contributed by atoms with E-state index in [4.69, 9.17) is 9.72 Å². The topological polar surface area (TPSA) is 140 Å². The number of halogens is 1. The molecular weight excluding hydrogens is 748 g/mol. The summed E-state index contributed by atoms with van der Waals surface area (Å²) in [5.41, 5.74) is 8.51. The zero-order valence-corrected chi connectivity index (χ0v) is 33.5. The van der Waals surface area contributed by atoms with Gasteiger partial charge in [0.1, 0.15) is 24.2 Å². The van der Waals surface area contributed by atoms with Gasteiger partial charge in [0.2, 0.25) is 23.6 Å². The molecule has 0 bridgehead atoms. The summed E-state index contributed by atoms with van der Waals surface area (Å²) in [7, 11) is 0. The van der Waals surface area contributed by atoms with Crippen LogP contribution in [-0.4, -0.2) is 108 Å². The van der Waals surface area contributed by atoms with Crippen molar-refractivity contribution in [3.05, 3.63) is 90.0 Å². The first-order valence-corrected chi connectivity index (χ1v) is 20.9. The Bertz CT molecular complexity index is 2330. The number of aromatic nitrogens is 3. The maximum atomic E-state index is 15.2. The number of carbonyl (C=O) groups is 2. The molecular formula is C45H51FN10O3. The molecule has 59 heavy (non-hydrogen) atoms. The quantitative estimate of drug-likeness (QED) is 0.112. The summed E-state index contributed by atoms with van der Waals surface area (Å²) in [5, 5.41) is 13.2. The number of benzene rings is 3. The van der Waals surface area contributed by atoms with Crippen LogP contribution in [0.5, 0.6) is 5.88 Å². The number of amides is 2. The van der Waals surface area contributed by atoms with Gasteiger partial charge in [-0.25, -0.2) is 19.3 Å². The lowest BCUT2D eigenvalue weighted by Gasteiger charge is -2.37. The van der Waals surface area contributed by atoms with E-state index in [2.05, 4.69) is 95.3 Å². The number of hydrogen-bond acceptors (Lipinski definition) is 12. The molecule has 4 aliphatic rings. The first kappa shape index (κ1) is 38.6. The molecule has 0 radical (unpaired) electrons. The number of rotatable bonds is 11. The third kappa shape index (κ3) is 8.79. The molecule has 0 aliphatic carbocycles. The van der Waals surface area contributed by atoms with Gasteiger partial charge in [0, 0.05) is 73.9 Å². The summed E-state index contributed by atoms with van der Waals surface area (Å²) in [6, 6.07) is 19.5. The number of likely N-dealkylation sites (tertiary alicyclic amines) is 1. The zero-order chi connectivity index (χ0) is 40.3. The molecule has 2 amide bonds. The number of fused-ring (bicyclic) bond motifs is 2. The number of nitrogens with one attached hydrogen (secondary N) is 4. The maximum absolute atomic E-state index is 15.2. The summed E-state index contributed by atoms with van der Waals surface area (Å²) in [6.45, 7) is 11.2. The Balaban J connectivity index is 0.707. The van der Waals surface area contributed by atoms with E-state index in [0.717, 1.165) is 117 Å². The van der Waals surface area contributed by atoms with E-state index < -0.39 is 6.04 Å². The molecule has 0 saturated carbocycles. The van der Waals surface area contributed by atoms with Crippen molar-refractivity contribution in [1.29, 1.82) is 0 Å². The standard InChI is InChI=1S/C45H51FN10O3/c1-29-36(28-48-44-42(29)47-15-24-59-44)32-3-4-33-27-49-45(52-39(33)25-32)51-34-7-5-30(6-8-34)31-13-18-54(19-14-31)16-2-17-55-20-22-56(23-21-55)40-11-9-35(26-37(40)46)50-38-10-12-41(57)53-43(38)58/h3-9,11,25-28,31,38,47,50H,2,10,12-24H2,1H3,(H,49,51,52)(H,53,57,58). The van der Waals surface area contributed by atoms with E-state index in [0.29, 0.717) is 42.1 Å². The SMILES string of the molecule is Cc1c(-c2ccc3cnc(Nc4ccc(C5CCN(CCCN6CCN(c7ccc(NC8CCC(=O)NC8=O)cc7F)CC6)CC5)cc4)nc3c2)cnc2c1NCCO2. The van der Waals surface area contributed by atoms with Crippen LogP contribution in [0.15, 0.2) is 73.1 Å². The van der Waals surface area contributed by atoms with Gasteiger partial charge in [-0.3, -0.25) is 19.8 Å². The van der Waals surface area contributed by atoms with Crippen LogP contribution in [0.2, 0.25) is 0 Å². The van der Waals surface area contributed by atoms with Gasteiger partial charge in [-0.05, 0) is 118 Å². The molecule has 6 heterocycles. The van der Waals surface area contributed by atoms with E-state index in [9.17, 15) is 9.59 Å². The number of hydrogen-bond donors (Lipinski definition) is 4. The van der Waals surface area contributed by atoms with E-state index in [1.165, 1.54) is 11.6 Å². The van der Waals surface area contributed by atoms with Crippen LogP contribution in [-0.2, 0) is 9.59 Å². The second kappa shape index (κ2) is 17.2. The number of carbonyl (C=O) groups excluding carboxylic acids is 2. The van der Waals surface area contributed by atoms with Gasteiger partial charge in [-0.15, -0.1) is 0 Å². The van der Waals surface area contributed by atoms with Crippen molar-refractivity contribution in [3.8, 4) is 17.0 Å². The van der Waals surface area contributed by atoms with Crippen molar-refractivity contribution < 1.29 is 18.7 Å². The fourth-order valence-corrected chi connectivity index (χ4v) is 8.84. The van der Waals surface area contributed by atoms with Crippen molar-refractivity contribution in [1.82, 2.24) is 30.1 Å². The van der Waals surface area contributed by atoms with Gasteiger partial charge >= 0.3 is 0 Å². The average Bonchev–Trinajstić information content (AvgIpc) is 3.26. The second-order valence-electron chi connectivity index (χ2n) is 16.1. The highest BCUT2D eigenvalue weighted by atomic mass is 19.1. The minimum atomic E-state index is -0.534. The van der Waals surface area contributed by atoms with E-state index in [-0.39, 0.29) is 24.1 Å². The third-order valence-electron chi connectivity index (χ3n) is 12.3. The lowest BCUT2D eigenvalue weighted by atomic mass is 9.89. The molecule has 4 aliphatic heterocycles. The first-order valence-electron chi connectivity index (χ1n) is 20.9. The first-order chi connectivity index (χ1) is 28.8. The Labute approximate surface area is 343 Å². The molecule has 3 aromatic carbocycles. The summed E-state index contributed by atoms with van der Waals surface area (Å²) in [4.78, 5) is 44.7. The van der Waals surface area contributed by atoms with Crippen molar-refractivity contribution in [2.75, 3.05) is 86.4 Å². The van der Waals surface area contributed by atoms with E-state index in [1.54, 1.807) is 6.07 Å². The van der Waals surface area contributed by atoms with Crippen LogP contribution in [0.4, 0.5) is 33.1 Å². The molecule has 13 nitrogen and oxygen atoms in total. The summed E-state index contributed by atoms with van der Waals surface area (Å²) in [5.74, 6) is 0.837. The Hall–Kier alpha value is -5.86. The molecule has 4 N–H and O–H groups in total. The van der Waals surface area contributed by atoms with Crippen LogP contribution in [0.1, 0.15) is 49.1 Å². The molecule has 5 aromatic rings. The van der Waals surface area contributed by atoms with Gasteiger partial charge in [-0.1, -0.05) is 24.3 Å². The number of piperidine rings is 2. The van der Waals surface area contributed by atoms with Crippen LogP contribution >= 0.6 is 0 Å². The minimum Gasteiger partial charge on any atom is -0.474 e.